The topological polar surface area (TPSA) is 89.4 Å². The highest BCUT2D eigenvalue weighted by Crippen LogP contribution is 2.38. The van der Waals surface area contributed by atoms with Crippen LogP contribution in [0, 0.1) is 11.6 Å². The Hall–Kier alpha value is -4.15. The smallest absolute Gasteiger partial charge is 0.303 e. The van der Waals surface area contributed by atoms with Gasteiger partial charge in [-0.05, 0) is 80.3 Å². The van der Waals surface area contributed by atoms with Crippen molar-refractivity contribution >= 4 is 28.6 Å². The largest absolute Gasteiger partial charge is 0.481 e. The highest BCUT2D eigenvalue weighted by atomic mass is 32.2. The molecule has 6 rings (SSSR count). The molecule has 2 N–H and O–H groups in total. The quantitative estimate of drug-likeness (QED) is 0.208. The maximum absolute atomic E-state index is 15.6. The first-order chi connectivity index (χ1) is 21.7. The Morgan fingerprint density at radius 3 is 2.84 bits per heavy atom. The molecule has 234 valence electrons. The standard InChI is InChI=1S/C35H35F2N3O4S/c1-35(2)21-45-17-13-26-25-10-14-38-30(25)20-29(37)34(26)44-24-7-8-28(36)27(19-24)32-11-15-39-40(32)31(12-16-43-35)23-5-3-4-22(18-23)6-9-33(41)42/h3-5,7-8,10-11,14-15,18-20,31,38H,6,9,12-13,16-17,21H2,1-2H3,(H,41,42). The van der Waals surface area contributed by atoms with E-state index in [0.717, 1.165) is 33.6 Å². The molecule has 5 aromatic rings. The van der Waals surface area contributed by atoms with Crippen molar-refractivity contribution in [3.05, 3.63) is 101 Å². The van der Waals surface area contributed by atoms with Crippen LogP contribution in [-0.4, -0.2) is 49.6 Å². The van der Waals surface area contributed by atoms with Crippen LogP contribution in [0.1, 0.15) is 49.4 Å². The van der Waals surface area contributed by atoms with Gasteiger partial charge in [-0.2, -0.15) is 16.9 Å². The molecule has 0 radical (unpaired) electrons. The van der Waals surface area contributed by atoms with Gasteiger partial charge in [0.25, 0.3) is 0 Å². The Labute approximate surface area is 264 Å². The molecule has 1 atom stereocenters. The lowest BCUT2D eigenvalue weighted by atomic mass is 9.98. The first-order valence-corrected chi connectivity index (χ1v) is 16.2. The highest BCUT2D eigenvalue weighted by molar-refractivity contribution is 7.99. The van der Waals surface area contributed by atoms with Crippen molar-refractivity contribution in [1.82, 2.24) is 14.8 Å². The summed E-state index contributed by atoms with van der Waals surface area (Å²) < 4.78 is 45.5. The number of rotatable bonds is 4. The second-order valence-electron chi connectivity index (χ2n) is 11.9. The molecule has 10 heteroatoms. The maximum atomic E-state index is 15.6. The first-order valence-electron chi connectivity index (χ1n) is 15.0. The van der Waals surface area contributed by atoms with E-state index in [1.54, 1.807) is 41.0 Å². The number of aliphatic carboxylic acids is 1. The van der Waals surface area contributed by atoms with E-state index in [2.05, 4.69) is 23.9 Å². The van der Waals surface area contributed by atoms with Gasteiger partial charge in [-0.3, -0.25) is 9.48 Å². The Morgan fingerprint density at radius 1 is 1.13 bits per heavy atom. The first kappa shape index (κ1) is 30.9. The third-order valence-corrected chi connectivity index (χ3v) is 9.45. The number of hydrogen-bond acceptors (Lipinski definition) is 5. The Bertz CT molecular complexity index is 1830. The number of thioether (sulfide) groups is 1. The summed E-state index contributed by atoms with van der Waals surface area (Å²) in [6.45, 7) is 4.52. The van der Waals surface area contributed by atoms with Crippen LogP contribution in [0.25, 0.3) is 22.2 Å². The van der Waals surface area contributed by atoms with Gasteiger partial charge in [0.15, 0.2) is 11.6 Å². The van der Waals surface area contributed by atoms with Crippen molar-refractivity contribution in [3.8, 4) is 22.8 Å². The Kier molecular flexibility index (Phi) is 8.96. The molecule has 0 amide bonds. The van der Waals surface area contributed by atoms with E-state index < -0.39 is 23.2 Å². The monoisotopic (exact) mass is 631 g/mol. The van der Waals surface area contributed by atoms with Gasteiger partial charge < -0.3 is 19.6 Å². The zero-order valence-electron chi connectivity index (χ0n) is 25.2. The van der Waals surface area contributed by atoms with Crippen molar-refractivity contribution in [1.29, 1.82) is 0 Å². The number of carboxylic acids is 1. The fraction of sp³-hybridized carbons (Fsp3) is 0.314. The summed E-state index contributed by atoms with van der Waals surface area (Å²) >= 11 is 1.73. The van der Waals surface area contributed by atoms with E-state index in [0.29, 0.717) is 42.8 Å². The van der Waals surface area contributed by atoms with E-state index in [9.17, 15) is 9.90 Å². The summed E-state index contributed by atoms with van der Waals surface area (Å²) in [7, 11) is 0. The number of carbonyl (C=O) groups is 1. The average molecular weight is 632 g/mol. The number of aromatic nitrogens is 3. The van der Waals surface area contributed by atoms with Crippen molar-refractivity contribution in [3.63, 3.8) is 0 Å². The zero-order valence-corrected chi connectivity index (χ0v) is 26.0. The number of fused-ring (bicyclic) bond motifs is 7. The van der Waals surface area contributed by atoms with E-state index in [-0.39, 0.29) is 23.8 Å². The van der Waals surface area contributed by atoms with E-state index >= 15 is 8.78 Å². The van der Waals surface area contributed by atoms with Gasteiger partial charge in [0.2, 0.25) is 0 Å². The molecule has 2 bridgehead atoms. The molecule has 3 heterocycles. The van der Waals surface area contributed by atoms with Crippen molar-refractivity contribution in [2.24, 2.45) is 0 Å². The second kappa shape index (κ2) is 13.1. The van der Waals surface area contributed by atoms with E-state index in [4.69, 9.17) is 9.47 Å². The van der Waals surface area contributed by atoms with Gasteiger partial charge in [0.05, 0.1) is 17.3 Å². The molecule has 0 spiro atoms. The van der Waals surface area contributed by atoms with Crippen molar-refractivity contribution in [2.75, 3.05) is 18.1 Å². The third-order valence-electron chi connectivity index (χ3n) is 8.06. The van der Waals surface area contributed by atoms with Crippen LogP contribution in [0.5, 0.6) is 11.5 Å². The fourth-order valence-electron chi connectivity index (χ4n) is 5.86. The lowest BCUT2D eigenvalue weighted by Crippen LogP contribution is -2.29. The van der Waals surface area contributed by atoms with E-state index in [1.165, 1.54) is 18.2 Å². The van der Waals surface area contributed by atoms with E-state index in [1.807, 2.05) is 30.3 Å². The summed E-state index contributed by atoms with van der Waals surface area (Å²) in [6.07, 6.45) is 4.94. The summed E-state index contributed by atoms with van der Waals surface area (Å²) in [5.74, 6) is 0.0666. The number of benzene rings is 3. The number of H-pyrrole nitrogens is 1. The lowest BCUT2D eigenvalue weighted by molar-refractivity contribution is -0.136. The molecule has 1 unspecified atom stereocenters. The van der Waals surface area contributed by atoms with Gasteiger partial charge in [-0.15, -0.1) is 0 Å². The molecule has 0 saturated heterocycles. The lowest BCUT2D eigenvalue weighted by Gasteiger charge is -2.27. The van der Waals surface area contributed by atoms with Crippen LogP contribution in [0.15, 0.2) is 73.1 Å². The molecule has 0 aliphatic carbocycles. The van der Waals surface area contributed by atoms with Crippen molar-refractivity contribution in [2.45, 2.75) is 51.2 Å². The number of nitrogens with one attached hydrogen (secondary N) is 1. The zero-order chi connectivity index (χ0) is 31.6. The van der Waals surface area contributed by atoms with Crippen LogP contribution in [-0.2, 0) is 22.4 Å². The predicted octanol–water partition coefficient (Wildman–Crippen LogP) is 8.18. The molecule has 3 aromatic carbocycles. The van der Waals surface area contributed by atoms with Crippen LogP contribution >= 0.6 is 11.8 Å². The molecule has 0 saturated carbocycles. The van der Waals surface area contributed by atoms with Crippen LogP contribution in [0.3, 0.4) is 0 Å². The van der Waals surface area contributed by atoms with Gasteiger partial charge in [-0.1, -0.05) is 24.3 Å². The summed E-state index contributed by atoms with van der Waals surface area (Å²) in [6, 6.07) is 16.9. The summed E-state index contributed by atoms with van der Waals surface area (Å²) in [5.41, 5.74) is 3.60. The SMILES string of the molecule is CC1(C)CSCCc2c(c(F)cc3[nH]ccc23)Oc2ccc(F)c(c2)-c2ccnn2C(c2cccc(CCC(=O)O)c2)CCO1. The Morgan fingerprint density at radius 2 is 2.00 bits per heavy atom. The highest BCUT2D eigenvalue weighted by Gasteiger charge is 2.25. The number of hydrogen-bond donors (Lipinski definition) is 2. The molecule has 1 aliphatic rings. The van der Waals surface area contributed by atoms with Crippen molar-refractivity contribution < 1.29 is 28.2 Å². The normalized spacial score (nSPS) is 17.2. The number of nitrogens with zero attached hydrogens (tertiary/aromatic N) is 2. The molecule has 1 aliphatic heterocycles. The van der Waals surface area contributed by atoms with Gasteiger partial charge in [0, 0.05) is 59.3 Å². The third kappa shape index (κ3) is 6.92. The minimum absolute atomic E-state index is 0.0213. The van der Waals surface area contributed by atoms with Crippen LogP contribution < -0.4 is 4.74 Å². The minimum Gasteiger partial charge on any atom is -0.481 e. The second-order valence-corrected chi connectivity index (χ2v) is 13.0. The molecular formula is C35H35F2N3O4S. The predicted molar refractivity (Wildman–Crippen MR) is 172 cm³/mol. The molecule has 7 nitrogen and oxygen atoms in total. The molecule has 0 fully saturated rings. The molecular weight excluding hydrogens is 596 g/mol. The van der Waals surface area contributed by atoms with Crippen LogP contribution in [0.2, 0.25) is 0 Å². The summed E-state index contributed by atoms with van der Waals surface area (Å²) in [5, 5.41) is 14.7. The number of ether oxygens (including phenoxy) is 2. The molecule has 2 aromatic heterocycles. The average Bonchev–Trinajstić information content (AvgIpc) is 3.68. The van der Waals surface area contributed by atoms with Gasteiger partial charge >= 0.3 is 5.97 Å². The number of halogens is 2. The molecule has 45 heavy (non-hydrogen) atoms. The van der Waals surface area contributed by atoms with Crippen LogP contribution in [0.4, 0.5) is 8.78 Å². The minimum atomic E-state index is -0.860. The Balaban J connectivity index is 1.45. The van der Waals surface area contributed by atoms with Gasteiger partial charge in [-0.25, -0.2) is 8.78 Å². The number of carboxylic acid groups (broad SMARTS) is 1. The maximum Gasteiger partial charge on any atom is 0.303 e. The number of aryl methyl sites for hydroxylation is 2. The fourth-order valence-corrected chi connectivity index (χ4v) is 6.93. The summed E-state index contributed by atoms with van der Waals surface area (Å²) in [4.78, 5) is 14.3. The number of aromatic amines is 1. The van der Waals surface area contributed by atoms with Gasteiger partial charge in [0.1, 0.15) is 11.6 Å².